The fourth-order valence-corrected chi connectivity index (χ4v) is 3.37. The van der Waals surface area contributed by atoms with Crippen LogP contribution in [-0.2, 0) is 4.79 Å². The lowest BCUT2D eigenvalue weighted by atomic mass is 9.99. The highest BCUT2D eigenvalue weighted by Crippen LogP contribution is 2.33. The van der Waals surface area contributed by atoms with Crippen molar-refractivity contribution in [2.45, 2.75) is 13.8 Å². The van der Waals surface area contributed by atoms with Crippen LogP contribution in [0.5, 0.6) is 5.75 Å². The van der Waals surface area contributed by atoms with Gasteiger partial charge in [0.25, 0.3) is 0 Å². The summed E-state index contributed by atoms with van der Waals surface area (Å²) < 4.78 is 20.5. The van der Waals surface area contributed by atoms with Crippen molar-refractivity contribution in [2.24, 2.45) is 5.73 Å². The van der Waals surface area contributed by atoms with Gasteiger partial charge in [-0.15, -0.1) is 10.2 Å². The van der Waals surface area contributed by atoms with E-state index in [2.05, 4.69) is 20.5 Å². The minimum atomic E-state index is -0.330. The number of hydrogen-bond donors (Lipinski definition) is 2. The first-order chi connectivity index (χ1) is 14.4. The predicted octanol–water partition coefficient (Wildman–Crippen LogP) is 3.45. The van der Waals surface area contributed by atoms with E-state index in [1.54, 1.807) is 41.8 Å². The van der Waals surface area contributed by atoms with E-state index in [4.69, 9.17) is 10.5 Å². The molecule has 30 heavy (non-hydrogen) atoms. The Labute approximate surface area is 171 Å². The van der Waals surface area contributed by atoms with Crippen LogP contribution in [0.4, 0.5) is 16.0 Å². The van der Waals surface area contributed by atoms with Crippen molar-refractivity contribution in [1.29, 1.82) is 0 Å². The van der Waals surface area contributed by atoms with Gasteiger partial charge >= 0.3 is 0 Å². The molecule has 0 atom stereocenters. The predicted molar refractivity (Wildman–Crippen MR) is 112 cm³/mol. The van der Waals surface area contributed by atoms with E-state index >= 15 is 0 Å². The van der Waals surface area contributed by atoms with Crippen LogP contribution in [0.3, 0.4) is 0 Å². The molecule has 0 aliphatic rings. The number of nitrogens with two attached hydrogens (primary N) is 1. The number of carbonyl (C=O) groups excluding carboxylic acids is 1. The molecule has 0 saturated heterocycles. The van der Waals surface area contributed by atoms with E-state index in [9.17, 15) is 9.18 Å². The Hall–Kier alpha value is -4.01. The molecule has 3 N–H and O–H groups in total. The molecule has 0 spiro atoms. The van der Waals surface area contributed by atoms with Gasteiger partial charge in [0.05, 0.1) is 24.3 Å². The number of fused-ring (bicyclic) bond motifs is 3. The number of rotatable bonds is 5. The van der Waals surface area contributed by atoms with Crippen LogP contribution in [0.15, 0.2) is 48.3 Å². The number of hydrogen-bond acceptors (Lipinski definition) is 7. The zero-order valence-corrected chi connectivity index (χ0v) is 16.6. The molecule has 4 rings (SSSR count). The Bertz CT molecular complexity index is 1310. The summed E-state index contributed by atoms with van der Waals surface area (Å²) in [5.41, 5.74) is 9.72. The van der Waals surface area contributed by atoms with Crippen molar-refractivity contribution in [1.82, 2.24) is 19.6 Å². The Balaban J connectivity index is 1.93. The van der Waals surface area contributed by atoms with Crippen LogP contribution >= 0.6 is 0 Å². The average Bonchev–Trinajstić information content (AvgIpc) is 3.12. The SMILES string of the molecule is COc1cc2c(cc1C(C(C)=O)=C(C)N)ncc1nnc(Nc3ccc(F)cc3)n12. The Morgan fingerprint density at radius 2 is 1.90 bits per heavy atom. The van der Waals surface area contributed by atoms with E-state index in [1.807, 2.05) is 0 Å². The smallest absolute Gasteiger partial charge is 0.234 e. The highest BCUT2D eigenvalue weighted by molar-refractivity contribution is 6.21. The average molecular weight is 406 g/mol. The zero-order valence-electron chi connectivity index (χ0n) is 16.6. The van der Waals surface area contributed by atoms with Gasteiger partial charge in [0.15, 0.2) is 11.4 Å². The maximum absolute atomic E-state index is 13.2. The van der Waals surface area contributed by atoms with Crippen molar-refractivity contribution in [2.75, 3.05) is 12.4 Å². The summed E-state index contributed by atoms with van der Waals surface area (Å²) in [6.07, 6.45) is 1.58. The molecule has 0 bridgehead atoms. The molecule has 2 heterocycles. The summed E-state index contributed by atoms with van der Waals surface area (Å²) in [6, 6.07) is 9.42. The van der Waals surface area contributed by atoms with Crippen LogP contribution in [0.25, 0.3) is 22.3 Å². The van der Waals surface area contributed by atoms with Gasteiger partial charge in [-0.1, -0.05) is 0 Å². The molecule has 2 aromatic carbocycles. The number of Topliss-reactive ketones (excluding diaryl/α,β-unsaturated/α-hetero) is 1. The first kappa shape index (κ1) is 19.3. The van der Waals surface area contributed by atoms with Crippen LogP contribution in [-0.4, -0.2) is 32.5 Å². The molecule has 0 saturated carbocycles. The Morgan fingerprint density at radius 3 is 2.53 bits per heavy atom. The lowest BCUT2D eigenvalue weighted by Crippen LogP contribution is -2.07. The summed E-state index contributed by atoms with van der Waals surface area (Å²) in [5, 5.41) is 11.4. The van der Waals surface area contributed by atoms with E-state index < -0.39 is 0 Å². The minimum absolute atomic E-state index is 0.170. The highest BCUT2D eigenvalue weighted by atomic mass is 19.1. The number of carbonyl (C=O) groups is 1. The van der Waals surface area contributed by atoms with Crippen LogP contribution in [0.2, 0.25) is 0 Å². The molecule has 2 aromatic heterocycles. The standard InChI is InChI=1S/C21H19FN6O2/c1-11(23)20(12(2)29)15-8-16-17(9-18(15)30-3)28-19(10-24-16)26-27-21(28)25-14-6-4-13(22)5-7-14/h4-10H,23H2,1-3H3,(H,25,27). The van der Waals surface area contributed by atoms with Gasteiger partial charge in [-0.25, -0.2) is 4.39 Å². The second-order valence-corrected chi connectivity index (χ2v) is 6.76. The summed E-state index contributed by atoms with van der Waals surface area (Å²) >= 11 is 0. The van der Waals surface area contributed by atoms with Gasteiger partial charge in [0.2, 0.25) is 5.95 Å². The Kier molecular flexibility index (Phi) is 4.78. The summed E-state index contributed by atoms with van der Waals surface area (Å²) in [5.74, 6) is 0.393. The fourth-order valence-electron chi connectivity index (χ4n) is 3.37. The molecule has 0 aliphatic heterocycles. The number of nitrogens with one attached hydrogen (secondary N) is 1. The quantitative estimate of drug-likeness (QED) is 0.489. The molecular weight excluding hydrogens is 387 g/mol. The first-order valence-electron chi connectivity index (χ1n) is 9.11. The fraction of sp³-hybridized carbons (Fsp3) is 0.143. The van der Waals surface area contributed by atoms with E-state index in [0.717, 1.165) is 0 Å². The number of allylic oxidation sites excluding steroid dienone is 2. The molecule has 0 unspecified atom stereocenters. The molecule has 8 nitrogen and oxygen atoms in total. The van der Waals surface area contributed by atoms with Gasteiger partial charge < -0.3 is 15.8 Å². The maximum Gasteiger partial charge on any atom is 0.234 e. The summed E-state index contributed by atoms with van der Waals surface area (Å²) in [4.78, 5) is 16.6. The lowest BCUT2D eigenvalue weighted by molar-refractivity contribution is -0.111. The number of nitrogens with zero attached hydrogens (tertiary/aromatic N) is 4. The first-order valence-corrected chi connectivity index (χ1v) is 9.11. The molecule has 152 valence electrons. The number of halogens is 1. The van der Waals surface area contributed by atoms with Crippen LogP contribution in [0.1, 0.15) is 19.4 Å². The second-order valence-electron chi connectivity index (χ2n) is 6.76. The topological polar surface area (TPSA) is 107 Å². The molecule has 0 aliphatic carbocycles. The van der Waals surface area contributed by atoms with Crippen molar-refractivity contribution in [3.63, 3.8) is 0 Å². The van der Waals surface area contributed by atoms with E-state index in [1.165, 1.54) is 26.2 Å². The largest absolute Gasteiger partial charge is 0.496 e. The van der Waals surface area contributed by atoms with Gasteiger partial charge in [0.1, 0.15) is 11.6 Å². The molecular formula is C21H19FN6O2. The third-order valence-electron chi connectivity index (χ3n) is 4.66. The van der Waals surface area contributed by atoms with Gasteiger partial charge in [-0.05, 0) is 44.2 Å². The van der Waals surface area contributed by atoms with Crippen molar-refractivity contribution >= 4 is 39.7 Å². The van der Waals surface area contributed by atoms with Gasteiger partial charge in [0, 0.05) is 28.6 Å². The highest BCUT2D eigenvalue weighted by Gasteiger charge is 2.19. The Morgan fingerprint density at radius 1 is 1.17 bits per heavy atom. The second kappa shape index (κ2) is 7.43. The number of benzene rings is 2. The minimum Gasteiger partial charge on any atom is -0.496 e. The lowest BCUT2D eigenvalue weighted by Gasteiger charge is -2.14. The number of ketones is 1. The number of methoxy groups -OCH3 is 1. The van der Waals surface area contributed by atoms with Crippen molar-refractivity contribution < 1.29 is 13.9 Å². The van der Waals surface area contributed by atoms with Crippen LogP contribution in [0, 0.1) is 5.82 Å². The van der Waals surface area contributed by atoms with E-state index in [0.29, 0.717) is 50.9 Å². The normalized spacial score (nSPS) is 12.1. The monoisotopic (exact) mass is 406 g/mol. The number of aromatic nitrogens is 4. The van der Waals surface area contributed by atoms with Crippen LogP contribution < -0.4 is 15.8 Å². The molecule has 4 aromatic rings. The molecule has 0 fully saturated rings. The zero-order chi connectivity index (χ0) is 21.4. The summed E-state index contributed by atoms with van der Waals surface area (Å²) in [7, 11) is 1.52. The molecule has 0 radical (unpaired) electrons. The maximum atomic E-state index is 13.2. The summed E-state index contributed by atoms with van der Waals surface area (Å²) in [6.45, 7) is 3.12. The molecule has 9 heteroatoms. The van der Waals surface area contributed by atoms with E-state index in [-0.39, 0.29) is 11.6 Å². The molecule has 0 amide bonds. The number of anilines is 2. The number of ether oxygens (including phenoxy) is 1. The van der Waals surface area contributed by atoms with Crippen molar-refractivity contribution in [3.8, 4) is 5.75 Å². The van der Waals surface area contributed by atoms with Gasteiger partial charge in [-0.3, -0.25) is 14.2 Å². The third-order valence-corrected chi connectivity index (χ3v) is 4.66. The third kappa shape index (κ3) is 3.30. The van der Waals surface area contributed by atoms with Gasteiger partial charge in [-0.2, -0.15) is 0 Å². The van der Waals surface area contributed by atoms with Crippen molar-refractivity contribution in [3.05, 3.63) is 59.7 Å².